The molecule has 4 nitrogen and oxygen atoms in total. The Labute approximate surface area is 95.7 Å². The summed E-state index contributed by atoms with van der Waals surface area (Å²) in [7, 11) is 1.53. The number of nitrogens with two attached hydrogens (primary N) is 1. The third-order valence-corrected chi connectivity index (χ3v) is 3.22. The quantitative estimate of drug-likeness (QED) is 0.877. The molecule has 0 aliphatic carbocycles. The zero-order chi connectivity index (χ0) is 10.8. The molecular weight excluding hydrogens is 234 g/mol. The van der Waals surface area contributed by atoms with Gasteiger partial charge >= 0.3 is 0 Å². The van der Waals surface area contributed by atoms with E-state index in [2.05, 4.69) is 9.97 Å². The normalized spacial score (nSPS) is 10.3. The fourth-order valence-electron chi connectivity index (χ4n) is 1.21. The Morgan fingerprint density at radius 2 is 2.27 bits per heavy atom. The van der Waals surface area contributed by atoms with Crippen molar-refractivity contribution in [1.29, 1.82) is 0 Å². The van der Waals surface area contributed by atoms with E-state index in [1.54, 1.807) is 6.07 Å². The van der Waals surface area contributed by atoms with Crippen molar-refractivity contribution in [2.24, 2.45) is 0 Å². The van der Waals surface area contributed by atoms with Crippen LogP contribution in [0.25, 0.3) is 10.6 Å². The third kappa shape index (κ3) is 1.75. The molecule has 2 heterocycles. The van der Waals surface area contributed by atoms with E-state index in [1.165, 1.54) is 24.8 Å². The molecule has 0 saturated carbocycles. The first-order valence-corrected chi connectivity index (χ1v) is 5.37. The number of nitrogen functional groups attached to an aromatic ring is 1. The van der Waals surface area contributed by atoms with Gasteiger partial charge in [0, 0.05) is 0 Å². The number of ether oxygens (including phenoxy) is 1. The Morgan fingerprint density at radius 1 is 1.47 bits per heavy atom. The van der Waals surface area contributed by atoms with Crippen molar-refractivity contribution < 1.29 is 4.74 Å². The molecule has 0 aromatic carbocycles. The monoisotopic (exact) mass is 241 g/mol. The van der Waals surface area contributed by atoms with Crippen LogP contribution in [0.1, 0.15) is 0 Å². The van der Waals surface area contributed by atoms with E-state index in [0.717, 1.165) is 4.88 Å². The fraction of sp³-hybridized carbons (Fsp3) is 0.111. The number of methoxy groups -OCH3 is 1. The van der Waals surface area contributed by atoms with Gasteiger partial charge < -0.3 is 10.5 Å². The summed E-state index contributed by atoms with van der Waals surface area (Å²) in [5, 5.41) is 2.52. The van der Waals surface area contributed by atoms with E-state index in [-0.39, 0.29) is 0 Å². The van der Waals surface area contributed by atoms with Gasteiger partial charge in [-0.2, -0.15) is 0 Å². The average molecular weight is 242 g/mol. The summed E-state index contributed by atoms with van der Waals surface area (Å²) in [5.41, 5.74) is 6.30. The summed E-state index contributed by atoms with van der Waals surface area (Å²) in [5.74, 6) is 0.772. The molecule has 2 rings (SSSR count). The number of rotatable bonds is 2. The van der Waals surface area contributed by atoms with Crippen molar-refractivity contribution in [3.63, 3.8) is 0 Å². The molecule has 0 amide bonds. The van der Waals surface area contributed by atoms with Crippen molar-refractivity contribution in [1.82, 2.24) is 9.97 Å². The van der Waals surface area contributed by atoms with E-state index in [0.29, 0.717) is 22.3 Å². The minimum Gasteiger partial charge on any atom is -0.491 e. The average Bonchev–Trinajstić information content (AvgIpc) is 2.64. The van der Waals surface area contributed by atoms with Gasteiger partial charge in [-0.3, -0.25) is 0 Å². The Kier molecular flexibility index (Phi) is 2.75. The van der Waals surface area contributed by atoms with Crippen LogP contribution in [0.2, 0.25) is 5.02 Å². The first kappa shape index (κ1) is 10.2. The minimum absolute atomic E-state index is 0.312. The van der Waals surface area contributed by atoms with Crippen LogP contribution in [0.5, 0.6) is 5.75 Å². The maximum absolute atomic E-state index is 6.01. The van der Waals surface area contributed by atoms with E-state index < -0.39 is 0 Å². The largest absolute Gasteiger partial charge is 0.491 e. The molecule has 0 spiro atoms. The van der Waals surface area contributed by atoms with Gasteiger partial charge in [-0.15, -0.1) is 11.3 Å². The van der Waals surface area contributed by atoms with Crippen molar-refractivity contribution in [3.8, 4) is 16.3 Å². The summed E-state index contributed by atoms with van der Waals surface area (Å²) in [6.07, 6.45) is 1.39. The van der Waals surface area contributed by atoms with E-state index >= 15 is 0 Å². The van der Waals surface area contributed by atoms with Gasteiger partial charge in [0.1, 0.15) is 12.0 Å². The molecule has 2 N–H and O–H groups in total. The van der Waals surface area contributed by atoms with Crippen molar-refractivity contribution in [3.05, 3.63) is 22.8 Å². The summed E-state index contributed by atoms with van der Waals surface area (Å²) in [6, 6.07) is 1.80. The Balaban J connectivity index is 2.63. The lowest BCUT2D eigenvalue weighted by atomic mass is 10.3. The van der Waals surface area contributed by atoms with Gasteiger partial charge in [-0.25, -0.2) is 9.97 Å². The number of halogens is 1. The highest BCUT2D eigenvalue weighted by Gasteiger charge is 2.15. The Morgan fingerprint density at radius 3 is 2.87 bits per heavy atom. The van der Waals surface area contributed by atoms with Gasteiger partial charge in [-0.05, 0) is 11.4 Å². The van der Waals surface area contributed by atoms with Gasteiger partial charge in [0.15, 0.2) is 11.6 Å². The van der Waals surface area contributed by atoms with E-state index in [4.69, 9.17) is 22.1 Å². The van der Waals surface area contributed by atoms with Crippen molar-refractivity contribution >= 4 is 28.8 Å². The molecule has 0 bridgehead atoms. The molecule has 6 heteroatoms. The first-order chi connectivity index (χ1) is 7.24. The molecule has 15 heavy (non-hydrogen) atoms. The smallest absolute Gasteiger partial charge is 0.188 e. The van der Waals surface area contributed by atoms with Crippen LogP contribution in [0.4, 0.5) is 5.82 Å². The molecule has 0 aliphatic heterocycles. The standard InChI is InChI=1S/C9H8ClN3OS/c1-14-7-6(12-4-13-9(7)11)8-5(10)2-3-15-8/h2-4H,1H3,(H2,11,12,13). The van der Waals surface area contributed by atoms with Gasteiger partial charge in [0.05, 0.1) is 17.0 Å². The second kappa shape index (κ2) is 4.04. The molecule has 0 fully saturated rings. The van der Waals surface area contributed by atoms with Crippen molar-refractivity contribution in [2.75, 3.05) is 12.8 Å². The lowest BCUT2D eigenvalue weighted by Gasteiger charge is -2.07. The summed E-state index contributed by atoms with van der Waals surface area (Å²) in [6.45, 7) is 0. The first-order valence-electron chi connectivity index (χ1n) is 4.12. The highest BCUT2D eigenvalue weighted by Crippen LogP contribution is 2.38. The molecule has 2 aromatic rings. The number of nitrogens with zero attached hydrogens (tertiary/aromatic N) is 2. The lowest BCUT2D eigenvalue weighted by Crippen LogP contribution is -1.99. The molecule has 78 valence electrons. The zero-order valence-corrected chi connectivity index (χ0v) is 9.47. The number of aromatic nitrogens is 2. The summed E-state index contributed by atoms with van der Waals surface area (Å²) >= 11 is 7.49. The molecule has 2 aromatic heterocycles. The molecule has 0 unspecified atom stereocenters. The number of hydrogen-bond donors (Lipinski definition) is 1. The van der Waals surface area contributed by atoms with Crippen LogP contribution in [0.15, 0.2) is 17.8 Å². The number of anilines is 1. The maximum Gasteiger partial charge on any atom is 0.188 e. The summed E-state index contributed by atoms with van der Waals surface area (Å²) < 4.78 is 5.15. The number of hydrogen-bond acceptors (Lipinski definition) is 5. The molecule has 0 aliphatic rings. The van der Waals surface area contributed by atoms with E-state index in [1.807, 2.05) is 5.38 Å². The Hall–Kier alpha value is -1.33. The van der Waals surface area contributed by atoms with E-state index in [9.17, 15) is 0 Å². The van der Waals surface area contributed by atoms with Crippen LogP contribution in [0, 0.1) is 0 Å². The van der Waals surface area contributed by atoms with Crippen LogP contribution < -0.4 is 10.5 Å². The van der Waals surface area contributed by atoms with Crippen LogP contribution in [0.3, 0.4) is 0 Å². The fourth-order valence-corrected chi connectivity index (χ4v) is 2.35. The third-order valence-electron chi connectivity index (χ3n) is 1.87. The lowest BCUT2D eigenvalue weighted by molar-refractivity contribution is 0.415. The van der Waals surface area contributed by atoms with Crippen molar-refractivity contribution in [2.45, 2.75) is 0 Å². The highest BCUT2D eigenvalue weighted by molar-refractivity contribution is 7.14. The van der Waals surface area contributed by atoms with Gasteiger partial charge in [0.25, 0.3) is 0 Å². The van der Waals surface area contributed by atoms with Crippen LogP contribution in [-0.4, -0.2) is 17.1 Å². The maximum atomic E-state index is 6.01. The zero-order valence-electron chi connectivity index (χ0n) is 7.90. The molecular formula is C9H8ClN3OS. The van der Waals surface area contributed by atoms with Gasteiger partial charge in [0.2, 0.25) is 0 Å². The molecule has 0 saturated heterocycles. The second-order valence-electron chi connectivity index (χ2n) is 2.74. The second-order valence-corrected chi connectivity index (χ2v) is 4.06. The molecule has 0 atom stereocenters. The summed E-state index contributed by atoms with van der Waals surface area (Å²) in [4.78, 5) is 8.81. The van der Waals surface area contributed by atoms with Crippen LogP contribution >= 0.6 is 22.9 Å². The topological polar surface area (TPSA) is 61.0 Å². The predicted octanol–water partition coefficient (Wildman–Crippen LogP) is 2.45. The molecule has 0 radical (unpaired) electrons. The number of thiophene rings is 1. The predicted molar refractivity (Wildman–Crippen MR) is 61.3 cm³/mol. The SMILES string of the molecule is COc1c(N)ncnc1-c1sccc1Cl. The van der Waals surface area contributed by atoms with Gasteiger partial charge in [-0.1, -0.05) is 11.6 Å². The van der Waals surface area contributed by atoms with Crippen LogP contribution in [-0.2, 0) is 0 Å². The Bertz CT molecular complexity index is 486. The highest BCUT2D eigenvalue weighted by atomic mass is 35.5. The minimum atomic E-state index is 0.312.